The van der Waals surface area contributed by atoms with Crippen LogP contribution < -0.4 is 5.32 Å². The number of carbonyl (C=O) groups excluding carboxylic acids is 1. The molecule has 0 spiro atoms. The van der Waals surface area contributed by atoms with Gasteiger partial charge in [0.05, 0.1) is 0 Å². The van der Waals surface area contributed by atoms with E-state index in [0.717, 1.165) is 38.9 Å². The average molecular weight is 423 g/mol. The number of nitrogens with zero attached hydrogens (tertiary/aromatic N) is 1. The lowest BCUT2D eigenvalue weighted by atomic mass is 10.1. The molecule has 21 heavy (non-hydrogen) atoms. The van der Waals surface area contributed by atoms with Gasteiger partial charge in [-0.3, -0.25) is 4.79 Å². The third kappa shape index (κ3) is 6.12. The van der Waals surface area contributed by atoms with Gasteiger partial charge in [-0.2, -0.15) is 0 Å². The van der Waals surface area contributed by atoms with Crippen molar-refractivity contribution in [2.24, 2.45) is 0 Å². The summed E-state index contributed by atoms with van der Waals surface area (Å²) in [4.78, 5) is 14.2. The molecule has 0 radical (unpaired) electrons. The first-order valence-electron chi connectivity index (χ1n) is 7.41. The van der Waals surface area contributed by atoms with Crippen LogP contribution in [0, 0.1) is 3.57 Å². The minimum Gasteiger partial charge on any atom is -0.337 e. The van der Waals surface area contributed by atoms with Crippen LogP contribution in [0.15, 0.2) is 24.3 Å². The fraction of sp³-hybridized carbons (Fsp3) is 0.562. The van der Waals surface area contributed by atoms with E-state index >= 15 is 0 Å². The molecule has 1 N–H and O–H groups in total. The predicted molar refractivity (Wildman–Crippen MR) is 98.0 cm³/mol. The van der Waals surface area contributed by atoms with Crippen molar-refractivity contribution in [3.05, 3.63) is 33.4 Å². The van der Waals surface area contributed by atoms with Gasteiger partial charge in [0.2, 0.25) is 5.91 Å². The number of halogens is 2. The lowest BCUT2D eigenvalue weighted by molar-refractivity contribution is -0.134. The SMILES string of the molecule is CC1CNCCN1C(=O)CCCCc1ccc(I)cc1.Cl. The Labute approximate surface area is 147 Å². The van der Waals surface area contributed by atoms with E-state index in [2.05, 4.69) is 59.1 Å². The van der Waals surface area contributed by atoms with Crippen LogP contribution in [0.3, 0.4) is 0 Å². The normalized spacial score (nSPS) is 18.2. The van der Waals surface area contributed by atoms with Gasteiger partial charge < -0.3 is 10.2 Å². The number of benzene rings is 1. The number of rotatable bonds is 5. The van der Waals surface area contributed by atoms with Crippen LogP contribution in [-0.2, 0) is 11.2 Å². The Balaban J connectivity index is 0.00000220. The summed E-state index contributed by atoms with van der Waals surface area (Å²) >= 11 is 2.32. The fourth-order valence-corrected chi connectivity index (χ4v) is 2.97. The second-order valence-electron chi connectivity index (χ2n) is 5.47. The molecule has 1 aromatic rings. The van der Waals surface area contributed by atoms with Gasteiger partial charge >= 0.3 is 0 Å². The van der Waals surface area contributed by atoms with E-state index in [1.165, 1.54) is 9.13 Å². The fourth-order valence-electron chi connectivity index (χ4n) is 2.61. The summed E-state index contributed by atoms with van der Waals surface area (Å²) in [5.41, 5.74) is 1.37. The van der Waals surface area contributed by atoms with E-state index in [4.69, 9.17) is 0 Å². The number of unbranched alkanes of at least 4 members (excludes halogenated alkanes) is 1. The Bertz CT molecular complexity index is 438. The second-order valence-corrected chi connectivity index (χ2v) is 6.72. The first kappa shape index (κ1) is 18.7. The number of hydrogen-bond acceptors (Lipinski definition) is 2. The first-order chi connectivity index (χ1) is 9.66. The molecule has 1 aliphatic rings. The summed E-state index contributed by atoms with van der Waals surface area (Å²) < 4.78 is 1.27. The Morgan fingerprint density at radius 1 is 1.33 bits per heavy atom. The van der Waals surface area contributed by atoms with Crippen LogP contribution in [0.2, 0.25) is 0 Å². The molecular weight excluding hydrogens is 399 g/mol. The Morgan fingerprint density at radius 2 is 2.05 bits per heavy atom. The topological polar surface area (TPSA) is 32.3 Å². The maximum absolute atomic E-state index is 12.2. The minimum atomic E-state index is 0. The monoisotopic (exact) mass is 422 g/mol. The molecule has 1 aliphatic heterocycles. The molecule has 1 unspecified atom stereocenters. The first-order valence-corrected chi connectivity index (χ1v) is 8.49. The number of piperazine rings is 1. The van der Waals surface area contributed by atoms with Crippen molar-refractivity contribution in [2.45, 2.75) is 38.6 Å². The molecule has 1 atom stereocenters. The highest BCUT2D eigenvalue weighted by atomic mass is 127. The standard InChI is InChI=1S/C16H23IN2O.ClH/c1-13-12-18-10-11-19(13)16(20)5-3-2-4-14-6-8-15(17)9-7-14;/h6-9,13,18H,2-5,10-12H2,1H3;1H. The zero-order chi connectivity index (χ0) is 14.4. The molecule has 118 valence electrons. The van der Waals surface area contributed by atoms with Gasteiger partial charge in [0.25, 0.3) is 0 Å². The predicted octanol–water partition coefficient (Wildman–Crippen LogP) is 3.25. The molecular formula is C16H24ClIN2O. The zero-order valence-corrected chi connectivity index (χ0v) is 15.5. The summed E-state index contributed by atoms with van der Waals surface area (Å²) in [6, 6.07) is 8.99. The molecule has 1 amide bonds. The van der Waals surface area contributed by atoms with Crippen LogP contribution in [0.5, 0.6) is 0 Å². The summed E-state index contributed by atoms with van der Waals surface area (Å²) in [6.45, 7) is 4.83. The van der Waals surface area contributed by atoms with E-state index in [0.29, 0.717) is 18.4 Å². The van der Waals surface area contributed by atoms with E-state index in [-0.39, 0.29) is 12.4 Å². The van der Waals surface area contributed by atoms with E-state index in [1.54, 1.807) is 0 Å². The van der Waals surface area contributed by atoms with Gasteiger partial charge in [-0.25, -0.2) is 0 Å². The van der Waals surface area contributed by atoms with Gasteiger partial charge in [0.1, 0.15) is 0 Å². The van der Waals surface area contributed by atoms with Crippen LogP contribution in [-0.4, -0.2) is 36.5 Å². The van der Waals surface area contributed by atoms with Gasteiger partial charge in [-0.05, 0) is 66.5 Å². The van der Waals surface area contributed by atoms with Crippen LogP contribution in [0.25, 0.3) is 0 Å². The van der Waals surface area contributed by atoms with Gasteiger partial charge in [0, 0.05) is 35.7 Å². The molecule has 5 heteroatoms. The van der Waals surface area contributed by atoms with Crippen molar-refractivity contribution in [1.29, 1.82) is 0 Å². The summed E-state index contributed by atoms with van der Waals surface area (Å²) in [6.07, 6.45) is 3.84. The van der Waals surface area contributed by atoms with E-state index in [1.807, 2.05) is 4.90 Å². The zero-order valence-electron chi connectivity index (χ0n) is 12.5. The summed E-state index contributed by atoms with van der Waals surface area (Å²) in [5, 5.41) is 3.32. The highest BCUT2D eigenvalue weighted by molar-refractivity contribution is 14.1. The van der Waals surface area contributed by atoms with Crippen molar-refractivity contribution >= 4 is 40.9 Å². The van der Waals surface area contributed by atoms with E-state index < -0.39 is 0 Å². The summed E-state index contributed by atoms with van der Waals surface area (Å²) in [7, 11) is 0. The molecule has 0 aromatic heterocycles. The highest BCUT2D eigenvalue weighted by Gasteiger charge is 2.21. The Morgan fingerprint density at radius 3 is 2.71 bits per heavy atom. The maximum atomic E-state index is 12.2. The molecule has 1 aromatic carbocycles. The van der Waals surface area contributed by atoms with Gasteiger partial charge in [-0.15, -0.1) is 12.4 Å². The molecule has 0 aliphatic carbocycles. The van der Waals surface area contributed by atoms with Crippen molar-refractivity contribution in [2.75, 3.05) is 19.6 Å². The number of hydrogen-bond donors (Lipinski definition) is 1. The average Bonchev–Trinajstić information content (AvgIpc) is 2.46. The molecule has 0 bridgehead atoms. The smallest absolute Gasteiger partial charge is 0.222 e. The van der Waals surface area contributed by atoms with Crippen LogP contribution >= 0.6 is 35.0 Å². The van der Waals surface area contributed by atoms with Gasteiger partial charge in [0.15, 0.2) is 0 Å². The number of carbonyl (C=O) groups is 1. The van der Waals surface area contributed by atoms with Crippen LogP contribution in [0.1, 0.15) is 31.7 Å². The molecule has 1 saturated heterocycles. The molecule has 1 fully saturated rings. The molecule has 1 heterocycles. The summed E-state index contributed by atoms with van der Waals surface area (Å²) in [5.74, 6) is 0.321. The Hall–Kier alpha value is -0.330. The lowest BCUT2D eigenvalue weighted by Gasteiger charge is -2.34. The van der Waals surface area contributed by atoms with Crippen molar-refractivity contribution in [1.82, 2.24) is 10.2 Å². The molecule has 0 saturated carbocycles. The number of amides is 1. The Kier molecular flexibility index (Phi) is 8.59. The minimum absolute atomic E-state index is 0. The molecule has 2 rings (SSSR count). The second kappa shape index (κ2) is 9.64. The highest BCUT2D eigenvalue weighted by Crippen LogP contribution is 2.12. The maximum Gasteiger partial charge on any atom is 0.222 e. The van der Waals surface area contributed by atoms with Crippen LogP contribution in [0.4, 0.5) is 0 Å². The van der Waals surface area contributed by atoms with Crippen molar-refractivity contribution in [3.63, 3.8) is 0 Å². The largest absolute Gasteiger partial charge is 0.337 e. The third-order valence-corrected chi connectivity index (χ3v) is 4.56. The number of nitrogens with one attached hydrogen (secondary N) is 1. The van der Waals surface area contributed by atoms with E-state index in [9.17, 15) is 4.79 Å². The molecule has 3 nitrogen and oxygen atoms in total. The van der Waals surface area contributed by atoms with Gasteiger partial charge in [-0.1, -0.05) is 12.1 Å². The third-order valence-electron chi connectivity index (χ3n) is 3.84. The number of aryl methyl sites for hydroxylation is 1. The van der Waals surface area contributed by atoms with Crippen molar-refractivity contribution < 1.29 is 4.79 Å². The lowest BCUT2D eigenvalue weighted by Crippen LogP contribution is -2.52. The van der Waals surface area contributed by atoms with Crippen molar-refractivity contribution in [3.8, 4) is 0 Å². The quantitative estimate of drug-likeness (QED) is 0.583.